The third-order valence-corrected chi connectivity index (χ3v) is 3.21. The van der Waals surface area contributed by atoms with E-state index < -0.39 is 6.10 Å². The molecule has 0 aromatic heterocycles. The van der Waals surface area contributed by atoms with Crippen LogP contribution in [0.4, 0.5) is 4.39 Å². The first-order valence-corrected chi connectivity index (χ1v) is 6.57. The summed E-state index contributed by atoms with van der Waals surface area (Å²) in [4.78, 5) is 0. The van der Waals surface area contributed by atoms with Crippen LogP contribution in [0, 0.1) is 17.7 Å². The summed E-state index contributed by atoms with van der Waals surface area (Å²) >= 11 is 3.22. The summed E-state index contributed by atoms with van der Waals surface area (Å²) in [7, 11) is 0. The zero-order chi connectivity index (χ0) is 13.0. The van der Waals surface area contributed by atoms with Crippen molar-refractivity contribution >= 4 is 15.9 Å². The molecule has 96 valence electrons. The number of benzene rings is 1. The van der Waals surface area contributed by atoms with Gasteiger partial charge in [-0.1, -0.05) is 29.8 Å². The Balaban J connectivity index is 2.89. The second-order valence-corrected chi connectivity index (χ2v) is 5.69. The van der Waals surface area contributed by atoms with Crippen LogP contribution in [0.3, 0.4) is 0 Å². The van der Waals surface area contributed by atoms with Gasteiger partial charge in [0.05, 0.1) is 6.10 Å². The molecule has 0 aliphatic heterocycles. The predicted octanol–water partition coefficient (Wildman–Crippen LogP) is 3.24. The van der Waals surface area contributed by atoms with Crippen molar-refractivity contribution in [3.63, 3.8) is 0 Å². The zero-order valence-corrected chi connectivity index (χ0v) is 11.7. The summed E-state index contributed by atoms with van der Waals surface area (Å²) in [6, 6.07) is 4.46. The lowest BCUT2D eigenvalue weighted by Gasteiger charge is -2.23. The minimum absolute atomic E-state index is 0.0382. The molecule has 1 aromatic rings. The molecule has 0 aliphatic carbocycles. The number of halogens is 2. The molecule has 2 unspecified atom stereocenters. The van der Waals surface area contributed by atoms with Gasteiger partial charge in [0, 0.05) is 10.4 Å². The highest BCUT2D eigenvalue weighted by molar-refractivity contribution is 9.10. The van der Waals surface area contributed by atoms with Crippen LogP contribution in [0.25, 0.3) is 0 Å². The van der Waals surface area contributed by atoms with Gasteiger partial charge < -0.3 is 10.8 Å². The van der Waals surface area contributed by atoms with Gasteiger partial charge in [-0.15, -0.1) is 0 Å². The summed E-state index contributed by atoms with van der Waals surface area (Å²) in [5.41, 5.74) is 6.25. The maximum atomic E-state index is 13.2. The summed E-state index contributed by atoms with van der Waals surface area (Å²) in [5.74, 6) is 0.0626. The second-order valence-electron chi connectivity index (χ2n) is 4.77. The van der Waals surface area contributed by atoms with Gasteiger partial charge in [-0.2, -0.15) is 0 Å². The molecule has 4 heteroatoms. The molecule has 1 rings (SSSR count). The predicted molar refractivity (Wildman–Crippen MR) is 71.1 cm³/mol. The van der Waals surface area contributed by atoms with Crippen LogP contribution in [0.1, 0.15) is 31.9 Å². The highest BCUT2D eigenvalue weighted by Crippen LogP contribution is 2.29. The van der Waals surface area contributed by atoms with Gasteiger partial charge in [-0.25, -0.2) is 4.39 Å². The van der Waals surface area contributed by atoms with E-state index >= 15 is 0 Å². The lowest BCUT2D eigenvalue weighted by Crippen LogP contribution is -2.23. The molecule has 17 heavy (non-hydrogen) atoms. The fourth-order valence-electron chi connectivity index (χ4n) is 1.98. The normalized spacial score (nSPS) is 15.0. The summed E-state index contributed by atoms with van der Waals surface area (Å²) in [6.45, 7) is 4.56. The lowest BCUT2D eigenvalue weighted by atomic mass is 9.88. The van der Waals surface area contributed by atoms with E-state index in [-0.39, 0.29) is 11.7 Å². The van der Waals surface area contributed by atoms with E-state index in [1.54, 1.807) is 6.07 Å². The average molecular weight is 304 g/mol. The maximum Gasteiger partial charge on any atom is 0.124 e. The van der Waals surface area contributed by atoms with Gasteiger partial charge >= 0.3 is 0 Å². The van der Waals surface area contributed by atoms with Gasteiger partial charge in [-0.3, -0.25) is 0 Å². The first-order chi connectivity index (χ1) is 7.93. The fraction of sp³-hybridized carbons (Fsp3) is 0.538. The maximum absolute atomic E-state index is 13.2. The van der Waals surface area contributed by atoms with Crippen molar-refractivity contribution in [3.05, 3.63) is 34.1 Å². The second kappa shape index (κ2) is 6.47. The number of aliphatic hydroxyl groups is 1. The van der Waals surface area contributed by atoms with Crippen molar-refractivity contribution in [3.8, 4) is 0 Å². The molecule has 1 aromatic carbocycles. The molecule has 2 nitrogen and oxygen atoms in total. The zero-order valence-electron chi connectivity index (χ0n) is 10.2. The van der Waals surface area contributed by atoms with Crippen LogP contribution in [0.15, 0.2) is 22.7 Å². The van der Waals surface area contributed by atoms with Crippen LogP contribution in [-0.4, -0.2) is 11.7 Å². The Labute approximate surface area is 110 Å². The number of aliphatic hydroxyl groups excluding tert-OH is 1. The SMILES string of the molecule is CC(C)CC(CN)C(O)c1cc(F)cc(Br)c1. The molecule has 0 spiro atoms. The Hall–Kier alpha value is -0.450. The largest absolute Gasteiger partial charge is 0.388 e. The first kappa shape index (κ1) is 14.6. The molecule has 2 atom stereocenters. The number of hydrogen-bond donors (Lipinski definition) is 2. The van der Waals surface area contributed by atoms with E-state index in [1.165, 1.54) is 12.1 Å². The average Bonchev–Trinajstić information content (AvgIpc) is 2.23. The van der Waals surface area contributed by atoms with Crippen LogP contribution in [-0.2, 0) is 0 Å². The van der Waals surface area contributed by atoms with Gasteiger partial charge in [0.15, 0.2) is 0 Å². The van der Waals surface area contributed by atoms with Gasteiger partial charge in [0.1, 0.15) is 5.82 Å². The summed E-state index contributed by atoms with van der Waals surface area (Å²) in [6.07, 6.45) is 0.112. The molecule has 0 bridgehead atoms. The smallest absolute Gasteiger partial charge is 0.124 e. The van der Waals surface area contributed by atoms with E-state index in [1.807, 2.05) is 0 Å². The van der Waals surface area contributed by atoms with E-state index in [2.05, 4.69) is 29.8 Å². The highest BCUT2D eigenvalue weighted by atomic mass is 79.9. The van der Waals surface area contributed by atoms with Crippen molar-refractivity contribution in [1.29, 1.82) is 0 Å². The minimum atomic E-state index is -0.714. The van der Waals surface area contributed by atoms with Crippen LogP contribution in [0.2, 0.25) is 0 Å². The lowest BCUT2D eigenvalue weighted by molar-refractivity contribution is 0.0991. The molecule has 0 amide bonds. The van der Waals surface area contributed by atoms with E-state index in [4.69, 9.17) is 5.73 Å². The first-order valence-electron chi connectivity index (χ1n) is 5.78. The molecular weight excluding hydrogens is 285 g/mol. The quantitative estimate of drug-likeness (QED) is 0.877. The molecule has 0 saturated heterocycles. The fourth-order valence-corrected chi connectivity index (χ4v) is 2.46. The van der Waals surface area contributed by atoms with Gasteiger partial charge in [0.2, 0.25) is 0 Å². The van der Waals surface area contributed by atoms with Crippen LogP contribution >= 0.6 is 15.9 Å². The topological polar surface area (TPSA) is 46.2 Å². The number of nitrogens with two attached hydrogens (primary N) is 1. The monoisotopic (exact) mass is 303 g/mol. The third-order valence-electron chi connectivity index (χ3n) is 2.75. The standard InChI is InChI=1S/C13H19BrFNO/c1-8(2)3-10(7-16)13(17)9-4-11(14)6-12(15)5-9/h4-6,8,10,13,17H,3,7,16H2,1-2H3. The Morgan fingerprint density at radius 3 is 2.47 bits per heavy atom. The van der Waals surface area contributed by atoms with Crippen molar-refractivity contribution in [2.24, 2.45) is 17.6 Å². The third kappa shape index (κ3) is 4.37. The van der Waals surface area contributed by atoms with E-state index in [0.717, 1.165) is 6.42 Å². The number of hydrogen-bond acceptors (Lipinski definition) is 2. The van der Waals surface area contributed by atoms with Crippen LogP contribution < -0.4 is 5.73 Å². The van der Waals surface area contributed by atoms with Crippen molar-refractivity contribution in [2.75, 3.05) is 6.54 Å². The molecule has 0 saturated carbocycles. The Morgan fingerprint density at radius 2 is 2.00 bits per heavy atom. The molecule has 0 fully saturated rings. The van der Waals surface area contributed by atoms with E-state index in [0.29, 0.717) is 22.5 Å². The van der Waals surface area contributed by atoms with Gasteiger partial charge in [0.25, 0.3) is 0 Å². The summed E-state index contributed by atoms with van der Waals surface area (Å²) in [5, 5.41) is 10.2. The van der Waals surface area contributed by atoms with Gasteiger partial charge in [-0.05, 0) is 42.6 Å². The number of rotatable bonds is 5. The van der Waals surface area contributed by atoms with E-state index in [9.17, 15) is 9.50 Å². The molecule has 0 aliphatic rings. The Kier molecular flexibility index (Phi) is 5.56. The molecular formula is C13H19BrFNO. The minimum Gasteiger partial charge on any atom is -0.388 e. The molecule has 0 heterocycles. The highest BCUT2D eigenvalue weighted by Gasteiger charge is 2.21. The summed E-state index contributed by atoms with van der Waals surface area (Å²) < 4.78 is 13.9. The van der Waals surface area contributed by atoms with Crippen molar-refractivity contribution in [1.82, 2.24) is 0 Å². The van der Waals surface area contributed by atoms with Crippen molar-refractivity contribution < 1.29 is 9.50 Å². The van der Waals surface area contributed by atoms with Crippen molar-refractivity contribution in [2.45, 2.75) is 26.4 Å². The Morgan fingerprint density at radius 1 is 1.35 bits per heavy atom. The molecule has 3 N–H and O–H groups in total. The van der Waals surface area contributed by atoms with Crippen LogP contribution in [0.5, 0.6) is 0 Å². The Bertz CT molecular complexity index is 350. The molecule has 0 radical (unpaired) electrons.